The molecule has 2 aromatic carbocycles. The van der Waals surface area contributed by atoms with Crippen LogP contribution in [-0.2, 0) is 0 Å². The Hall–Kier alpha value is -1.19. The molecule has 0 spiro atoms. The van der Waals surface area contributed by atoms with Gasteiger partial charge in [0.25, 0.3) is 0 Å². The molecule has 1 atom stereocenters. The van der Waals surface area contributed by atoms with Gasteiger partial charge in [0.2, 0.25) is 0 Å². The largest absolute Gasteiger partial charge is 0.330 e. The van der Waals surface area contributed by atoms with E-state index >= 15 is 0 Å². The molecule has 88 valence electrons. The van der Waals surface area contributed by atoms with Crippen LogP contribution in [0.15, 0.2) is 53.0 Å². The molecule has 0 aromatic heterocycles. The fraction of sp³-hybridized carbons (Fsp3) is 0.143. The third-order valence-corrected chi connectivity index (χ3v) is 3.32. The quantitative estimate of drug-likeness (QED) is 0.918. The number of hydrogen-bond donors (Lipinski definition) is 1. The van der Waals surface area contributed by atoms with Crippen molar-refractivity contribution < 1.29 is 4.39 Å². The zero-order valence-electron chi connectivity index (χ0n) is 9.24. The molecule has 2 N–H and O–H groups in total. The first-order chi connectivity index (χ1) is 8.22. The molecule has 0 fully saturated rings. The van der Waals surface area contributed by atoms with Gasteiger partial charge in [-0.1, -0.05) is 46.3 Å². The number of halogens is 2. The lowest BCUT2D eigenvalue weighted by Gasteiger charge is -2.16. The minimum Gasteiger partial charge on any atom is -0.330 e. The SMILES string of the molecule is NCC(c1ccc(Br)cc1)c1ccccc1F. The van der Waals surface area contributed by atoms with Crippen molar-refractivity contribution in [1.29, 1.82) is 0 Å². The lowest BCUT2D eigenvalue weighted by atomic mass is 9.91. The highest BCUT2D eigenvalue weighted by Gasteiger charge is 2.15. The summed E-state index contributed by atoms with van der Waals surface area (Å²) in [5, 5.41) is 0. The van der Waals surface area contributed by atoms with Crippen molar-refractivity contribution in [2.45, 2.75) is 5.92 Å². The highest BCUT2D eigenvalue weighted by molar-refractivity contribution is 9.10. The minimum absolute atomic E-state index is 0.0932. The predicted molar refractivity (Wildman–Crippen MR) is 71.4 cm³/mol. The van der Waals surface area contributed by atoms with E-state index in [1.807, 2.05) is 30.3 Å². The van der Waals surface area contributed by atoms with E-state index in [4.69, 9.17) is 5.73 Å². The Morgan fingerprint density at radius 3 is 2.29 bits per heavy atom. The van der Waals surface area contributed by atoms with Gasteiger partial charge >= 0.3 is 0 Å². The average molecular weight is 294 g/mol. The van der Waals surface area contributed by atoms with Crippen LogP contribution in [0.25, 0.3) is 0 Å². The predicted octanol–water partition coefficient (Wildman–Crippen LogP) is 3.68. The molecular formula is C14H13BrFN. The maximum atomic E-state index is 13.7. The molecule has 17 heavy (non-hydrogen) atoms. The van der Waals surface area contributed by atoms with Crippen LogP contribution in [0.5, 0.6) is 0 Å². The van der Waals surface area contributed by atoms with Crippen LogP contribution in [0.2, 0.25) is 0 Å². The maximum Gasteiger partial charge on any atom is 0.127 e. The van der Waals surface area contributed by atoms with Crippen LogP contribution < -0.4 is 5.73 Å². The summed E-state index contributed by atoms with van der Waals surface area (Å²) in [7, 11) is 0. The second-order valence-corrected chi connectivity index (χ2v) is 4.78. The van der Waals surface area contributed by atoms with Crippen LogP contribution in [-0.4, -0.2) is 6.54 Å². The number of nitrogens with two attached hydrogens (primary N) is 1. The van der Waals surface area contributed by atoms with Crippen LogP contribution in [0.4, 0.5) is 4.39 Å². The molecular weight excluding hydrogens is 281 g/mol. The average Bonchev–Trinajstić information content (AvgIpc) is 2.35. The van der Waals surface area contributed by atoms with Gasteiger partial charge in [0.05, 0.1) is 0 Å². The molecule has 0 bridgehead atoms. The molecule has 1 nitrogen and oxygen atoms in total. The molecule has 2 aromatic rings. The van der Waals surface area contributed by atoms with E-state index in [-0.39, 0.29) is 11.7 Å². The molecule has 0 radical (unpaired) electrons. The molecule has 0 heterocycles. The van der Waals surface area contributed by atoms with Crippen molar-refractivity contribution in [1.82, 2.24) is 0 Å². The Labute approximate surface area is 109 Å². The van der Waals surface area contributed by atoms with E-state index in [0.29, 0.717) is 12.1 Å². The molecule has 1 unspecified atom stereocenters. The second kappa shape index (κ2) is 5.43. The Balaban J connectivity index is 2.40. The van der Waals surface area contributed by atoms with Crippen molar-refractivity contribution in [3.05, 3.63) is 69.9 Å². The standard InChI is InChI=1S/C14H13BrFN/c15-11-7-5-10(6-8-11)13(9-17)12-3-1-2-4-14(12)16/h1-8,13H,9,17H2. The van der Waals surface area contributed by atoms with E-state index in [9.17, 15) is 4.39 Å². The molecule has 0 aliphatic carbocycles. The van der Waals surface area contributed by atoms with E-state index in [1.165, 1.54) is 6.07 Å². The van der Waals surface area contributed by atoms with Crippen molar-refractivity contribution in [3.8, 4) is 0 Å². The zero-order chi connectivity index (χ0) is 12.3. The summed E-state index contributed by atoms with van der Waals surface area (Å²) >= 11 is 3.38. The summed E-state index contributed by atoms with van der Waals surface area (Å²) in [4.78, 5) is 0. The van der Waals surface area contributed by atoms with E-state index in [0.717, 1.165) is 10.0 Å². The van der Waals surface area contributed by atoms with Crippen LogP contribution >= 0.6 is 15.9 Å². The normalized spacial score (nSPS) is 12.4. The molecule has 0 aliphatic rings. The first kappa shape index (κ1) is 12.3. The molecule has 0 amide bonds. The summed E-state index contributed by atoms with van der Waals surface area (Å²) < 4.78 is 14.7. The smallest absolute Gasteiger partial charge is 0.127 e. The first-order valence-electron chi connectivity index (χ1n) is 5.42. The van der Waals surface area contributed by atoms with E-state index in [2.05, 4.69) is 15.9 Å². The highest BCUT2D eigenvalue weighted by Crippen LogP contribution is 2.26. The number of hydrogen-bond acceptors (Lipinski definition) is 1. The monoisotopic (exact) mass is 293 g/mol. The third-order valence-electron chi connectivity index (χ3n) is 2.79. The van der Waals surface area contributed by atoms with Crippen LogP contribution in [0.1, 0.15) is 17.0 Å². The van der Waals surface area contributed by atoms with Gasteiger partial charge in [-0.25, -0.2) is 4.39 Å². The van der Waals surface area contributed by atoms with Gasteiger partial charge in [0.1, 0.15) is 5.82 Å². The molecule has 0 aliphatic heterocycles. The summed E-state index contributed by atoms with van der Waals surface area (Å²) in [6.07, 6.45) is 0. The lowest BCUT2D eigenvalue weighted by molar-refractivity contribution is 0.597. The summed E-state index contributed by atoms with van der Waals surface area (Å²) in [6.45, 7) is 0.391. The van der Waals surface area contributed by atoms with Gasteiger partial charge in [-0.3, -0.25) is 0 Å². The van der Waals surface area contributed by atoms with E-state index < -0.39 is 0 Å². The highest BCUT2D eigenvalue weighted by atomic mass is 79.9. The lowest BCUT2D eigenvalue weighted by Crippen LogP contribution is -2.15. The summed E-state index contributed by atoms with van der Waals surface area (Å²) in [6, 6.07) is 14.6. The van der Waals surface area contributed by atoms with Gasteiger partial charge in [-0.15, -0.1) is 0 Å². The Bertz CT molecular complexity index is 496. The third kappa shape index (κ3) is 2.73. The van der Waals surface area contributed by atoms with Crippen molar-refractivity contribution in [2.75, 3.05) is 6.54 Å². The second-order valence-electron chi connectivity index (χ2n) is 3.86. The Morgan fingerprint density at radius 2 is 1.71 bits per heavy atom. The van der Waals surface area contributed by atoms with Gasteiger partial charge in [-0.05, 0) is 29.3 Å². The molecule has 0 saturated heterocycles. The Kier molecular flexibility index (Phi) is 3.92. The van der Waals surface area contributed by atoms with Gasteiger partial charge < -0.3 is 5.73 Å². The first-order valence-corrected chi connectivity index (χ1v) is 6.21. The number of benzene rings is 2. The fourth-order valence-electron chi connectivity index (χ4n) is 1.90. The van der Waals surface area contributed by atoms with Gasteiger partial charge in [-0.2, -0.15) is 0 Å². The minimum atomic E-state index is -0.203. The summed E-state index contributed by atoms with van der Waals surface area (Å²) in [5.41, 5.74) is 7.44. The summed E-state index contributed by atoms with van der Waals surface area (Å²) in [5.74, 6) is -0.296. The van der Waals surface area contributed by atoms with Crippen molar-refractivity contribution >= 4 is 15.9 Å². The molecule has 2 rings (SSSR count). The topological polar surface area (TPSA) is 26.0 Å². The molecule has 3 heteroatoms. The maximum absolute atomic E-state index is 13.7. The van der Waals surface area contributed by atoms with Crippen LogP contribution in [0, 0.1) is 5.82 Å². The Morgan fingerprint density at radius 1 is 1.06 bits per heavy atom. The van der Waals surface area contributed by atoms with Crippen LogP contribution in [0.3, 0.4) is 0 Å². The zero-order valence-corrected chi connectivity index (χ0v) is 10.8. The van der Waals surface area contributed by atoms with Gasteiger partial charge in [0, 0.05) is 16.9 Å². The fourth-order valence-corrected chi connectivity index (χ4v) is 2.16. The van der Waals surface area contributed by atoms with E-state index in [1.54, 1.807) is 12.1 Å². The van der Waals surface area contributed by atoms with Gasteiger partial charge in [0.15, 0.2) is 0 Å². The molecule has 0 saturated carbocycles. The van der Waals surface area contributed by atoms with Crippen molar-refractivity contribution in [2.24, 2.45) is 5.73 Å². The van der Waals surface area contributed by atoms with Crippen molar-refractivity contribution in [3.63, 3.8) is 0 Å². The number of rotatable bonds is 3.